The molecule has 2 aliphatic heterocycles. The molecule has 2 atom stereocenters. The Bertz CT molecular complexity index is 5410. The van der Waals surface area contributed by atoms with Crippen LogP contribution in [0.15, 0.2) is 218 Å². The van der Waals surface area contributed by atoms with Crippen molar-refractivity contribution >= 4 is 103 Å². The van der Waals surface area contributed by atoms with Gasteiger partial charge in [0.2, 0.25) is 0 Å². The summed E-state index contributed by atoms with van der Waals surface area (Å²) in [5, 5.41) is 0.675. The first kappa shape index (κ1) is 85.5. The zero-order valence-corrected chi connectivity index (χ0v) is 69.3. The van der Waals surface area contributed by atoms with E-state index in [2.05, 4.69) is 26.3 Å². The predicted octanol–water partition coefficient (Wildman–Crippen LogP) is 18.8. The molecule has 13 rings (SSSR count). The largest absolute Gasteiger partial charge is 0.493 e. The molecule has 0 aromatic heterocycles. The van der Waals surface area contributed by atoms with Crippen LogP contribution >= 0.6 is 0 Å². The number of esters is 6. The lowest BCUT2D eigenvalue weighted by molar-refractivity contribution is -0.140. The lowest BCUT2D eigenvalue weighted by atomic mass is 9.80. The monoisotopic (exact) mass is 1650 g/mol. The molecule has 624 valence electrons. The molecule has 2 aliphatic rings. The van der Waals surface area contributed by atoms with Crippen LogP contribution in [0, 0.1) is 11.8 Å². The summed E-state index contributed by atoms with van der Waals surface area (Å²) in [6.07, 6.45) is 0.881. The van der Waals surface area contributed by atoms with E-state index in [1.54, 1.807) is 161 Å². The lowest BCUT2D eigenvalue weighted by Crippen LogP contribution is -2.52. The number of carbonyl (C=O) groups excluding carboxylic acids is 10. The van der Waals surface area contributed by atoms with Gasteiger partial charge in [0.25, 0.3) is 23.6 Å². The smallest absolute Gasteiger partial charge is 0.334 e. The Balaban J connectivity index is 1.15. The van der Waals surface area contributed by atoms with E-state index in [0.29, 0.717) is 0 Å². The van der Waals surface area contributed by atoms with E-state index in [9.17, 15) is 19.2 Å². The van der Waals surface area contributed by atoms with Gasteiger partial charge in [-0.1, -0.05) is 127 Å². The van der Waals surface area contributed by atoms with Gasteiger partial charge in [-0.3, -0.25) is 29.0 Å². The van der Waals surface area contributed by atoms with E-state index in [1.807, 2.05) is 27.7 Å². The molecule has 0 bridgehead atoms. The van der Waals surface area contributed by atoms with Crippen molar-refractivity contribution in [3.05, 3.63) is 263 Å². The highest BCUT2D eigenvalue weighted by Crippen LogP contribution is 2.58. The van der Waals surface area contributed by atoms with Crippen molar-refractivity contribution in [1.82, 2.24) is 9.80 Å². The summed E-state index contributed by atoms with van der Waals surface area (Å²) in [7, 11) is 2.81. The average molecular weight is 1650 g/mol. The fourth-order valence-corrected chi connectivity index (χ4v) is 14.6. The third-order valence-electron chi connectivity index (χ3n) is 20.6. The average Bonchev–Trinajstić information content (AvgIpc) is 0.670. The minimum Gasteiger partial charge on any atom is -0.493 e. The second-order valence-electron chi connectivity index (χ2n) is 30.7. The highest BCUT2D eigenvalue weighted by atomic mass is 16.6. The molecule has 0 N–H and O–H groups in total. The van der Waals surface area contributed by atoms with Crippen molar-refractivity contribution in [1.29, 1.82) is 0 Å². The third-order valence-corrected chi connectivity index (χ3v) is 20.6. The Morgan fingerprint density at radius 1 is 0.311 bits per heavy atom. The third kappa shape index (κ3) is 18.2. The fraction of sp³-hybridized carbons (Fsp3) is 0.245. The van der Waals surface area contributed by atoms with E-state index in [1.165, 1.54) is 50.6 Å². The summed E-state index contributed by atoms with van der Waals surface area (Å²) in [5.74, 6) is -8.01. The Kier molecular flexibility index (Phi) is 25.8. The number of methoxy groups -OCH3 is 2. The van der Waals surface area contributed by atoms with Crippen molar-refractivity contribution in [3.8, 4) is 69.0 Å². The molecule has 2 unspecified atom stereocenters. The molecular formula is C98H90N2O22. The van der Waals surface area contributed by atoms with Gasteiger partial charge in [0.15, 0.2) is 23.0 Å². The normalized spacial score (nSPS) is 12.8. The number of hydrogen-bond donors (Lipinski definition) is 0. The molecule has 122 heavy (non-hydrogen) atoms. The standard InChI is InChI=1S/C98H90N2O22/c1-53(2)47-71(97(109)121-75-21-17-15-19-73(75)111-13)99-89(101)67-49-77(117-63-31-23-59(24-32-63)39-43-113-93(105)55(5)6)83-85-79(119-65-35-27-61(28-36-65)41-45-115-95(107)57(9)10)51-69-82-70(92(104)100(91(69)103)72(48-54(3)4)98(110)122-76-22-18-16-20-74(76)112-14)52-80(120-66-37-29-62(30-38-66)42-46-116-96(108)58(11)12)86(88(82)85)84-78(50-68(90(99)102)81(67)87(83)84)118-64-33-25-60(26-34-64)40-44-114-94(106)56(7)8/h15-38,49-54,71-72H,5,7,9,11,39-48H2,1-4,6,8,10,12-14H3. The molecule has 0 saturated carbocycles. The zero-order valence-electron chi connectivity index (χ0n) is 69.3. The van der Waals surface area contributed by atoms with Crippen LogP contribution in [0.1, 0.15) is 132 Å². The second kappa shape index (κ2) is 36.8. The van der Waals surface area contributed by atoms with Crippen LogP contribution in [0.3, 0.4) is 0 Å². The molecule has 11 aromatic rings. The maximum Gasteiger partial charge on any atom is 0.334 e. The number of para-hydroxylation sites is 4. The van der Waals surface area contributed by atoms with Gasteiger partial charge in [0, 0.05) is 91.1 Å². The molecule has 0 spiro atoms. The maximum absolute atomic E-state index is 16.6. The van der Waals surface area contributed by atoms with Gasteiger partial charge in [-0.05, 0) is 172 Å². The van der Waals surface area contributed by atoms with E-state index in [-0.39, 0.29) is 233 Å². The van der Waals surface area contributed by atoms with Crippen LogP contribution in [0.25, 0.3) is 43.1 Å². The van der Waals surface area contributed by atoms with Crippen molar-refractivity contribution in [2.45, 2.75) is 106 Å². The van der Waals surface area contributed by atoms with Gasteiger partial charge in [-0.25, -0.2) is 28.8 Å². The second-order valence-corrected chi connectivity index (χ2v) is 30.7. The van der Waals surface area contributed by atoms with Gasteiger partial charge in [0.1, 0.15) is 58.1 Å². The topological polar surface area (TPSA) is 288 Å². The summed E-state index contributed by atoms with van der Waals surface area (Å²) in [6, 6.07) is 42.8. The molecule has 4 amide bonds. The molecular weight excluding hydrogens is 1560 g/mol. The molecule has 24 heteroatoms. The van der Waals surface area contributed by atoms with Gasteiger partial charge in [-0.15, -0.1) is 0 Å². The first-order valence-electron chi connectivity index (χ1n) is 39.7. The molecule has 0 saturated heterocycles. The Labute approximate surface area is 704 Å². The Hall–Kier alpha value is -14.4. The summed E-state index contributed by atoms with van der Waals surface area (Å²) in [4.78, 5) is 149. The SMILES string of the molecule is C=C(C)C(=O)OCCc1ccc(Oc2cc3c4c(cc(Oc5ccc(CCOC(=O)C(=C)C)cc5)c5c6c(Oc7ccc(CCOC(=O)C(=C)C)cc7)cc7c8c(cc(Oc9ccc(CCOC(=O)C(=C)C)cc9)c(c2c45)c86)C(=O)N(C(CC(C)C)C(=O)Oc2ccccc2OC)C7=O)C(=O)N(C(CC(C)C)C(=O)Oc2ccccc2OC)C3=O)cc1. The van der Waals surface area contributed by atoms with Gasteiger partial charge < -0.3 is 56.8 Å². The van der Waals surface area contributed by atoms with Crippen LogP contribution in [-0.2, 0) is 73.4 Å². The quantitative estimate of drug-likeness (QED) is 0.00670. The van der Waals surface area contributed by atoms with Crippen molar-refractivity contribution < 1.29 is 105 Å². The minimum absolute atomic E-state index is 0.00198. The van der Waals surface area contributed by atoms with E-state index < -0.39 is 71.5 Å². The molecule has 11 aromatic carbocycles. The van der Waals surface area contributed by atoms with Crippen LogP contribution in [-0.4, -0.2) is 122 Å². The molecule has 24 nitrogen and oxygen atoms in total. The van der Waals surface area contributed by atoms with Crippen molar-refractivity contribution in [2.24, 2.45) is 11.8 Å². The number of rotatable bonds is 36. The number of carbonyl (C=O) groups is 10. The van der Waals surface area contributed by atoms with Crippen LogP contribution in [0.2, 0.25) is 0 Å². The number of nitrogens with zero attached hydrogens (tertiary/aromatic N) is 2. The fourth-order valence-electron chi connectivity index (χ4n) is 14.6. The number of amides is 4. The Morgan fingerprint density at radius 3 is 0.754 bits per heavy atom. The van der Waals surface area contributed by atoms with E-state index >= 15 is 28.8 Å². The summed E-state index contributed by atoms with van der Waals surface area (Å²) in [6.45, 7) is 28.3. The summed E-state index contributed by atoms with van der Waals surface area (Å²) in [5.41, 5.74) is 3.13. The highest BCUT2D eigenvalue weighted by Gasteiger charge is 2.48. The van der Waals surface area contributed by atoms with Crippen molar-refractivity contribution in [2.75, 3.05) is 40.6 Å². The van der Waals surface area contributed by atoms with Crippen LogP contribution in [0.5, 0.6) is 69.0 Å². The molecule has 2 heterocycles. The number of fused-ring (bicyclic) bond motifs is 2. The first-order valence-corrected chi connectivity index (χ1v) is 39.7. The number of ether oxygens (including phenoxy) is 12. The minimum atomic E-state index is -1.61. The predicted molar refractivity (Wildman–Crippen MR) is 456 cm³/mol. The highest BCUT2D eigenvalue weighted by molar-refractivity contribution is 6.45. The van der Waals surface area contributed by atoms with Gasteiger partial charge in [0.05, 0.1) is 62.9 Å². The summed E-state index contributed by atoms with van der Waals surface area (Å²) < 4.78 is 74.6. The molecule has 0 radical (unpaired) electrons. The van der Waals surface area contributed by atoms with E-state index in [4.69, 9.17) is 56.8 Å². The maximum atomic E-state index is 16.6. The van der Waals surface area contributed by atoms with E-state index in [0.717, 1.165) is 32.1 Å². The van der Waals surface area contributed by atoms with Crippen molar-refractivity contribution in [3.63, 3.8) is 0 Å². The lowest BCUT2D eigenvalue weighted by Gasteiger charge is -2.36. The number of benzene rings is 11. The zero-order chi connectivity index (χ0) is 87.1. The Morgan fingerprint density at radius 2 is 0.541 bits per heavy atom. The number of imide groups is 2. The summed E-state index contributed by atoms with van der Waals surface area (Å²) >= 11 is 0. The van der Waals surface area contributed by atoms with Gasteiger partial charge in [-0.2, -0.15) is 0 Å². The molecule has 0 aliphatic carbocycles. The van der Waals surface area contributed by atoms with Crippen LogP contribution < -0.4 is 37.9 Å². The molecule has 0 fully saturated rings. The van der Waals surface area contributed by atoms with Crippen LogP contribution in [0.4, 0.5) is 0 Å². The van der Waals surface area contributed by atoms with Gasteiger partial charge >= 0.3 is 35.8 Å². The number of hydrogen-bond acceptors (Lipinski definition) is 22. The first-order chi connectivity index (χ1) is 58.5.